The average Bonchev–Trinajstić information content (AvgIpc) is 2.72. The first-order chi connectivity index (χ1) is 13.9. The summed E-state index contributed by atoms with van der Waals surface area (Å²) in [4.78, 5) is 26.9. The maximum atomic E-state index is 12.9. The molecule has 1 N–H and O–H groups in total. The van der Waals surface area contributed by atoms with Gasteiger partial charge in [0.25, 0.3) is 5.91 Å². The zero-order valence-corrected chi connectivity index (χ0v) is 17.9. The Morgan fingerprint density at radius 2 is 1.79 bits per heavy atom. The van der Waals surface area contributed by atoms with E-state index in [2.05, 4.69) is 5.32 Å². The van der Waals surface area contributed by atoms with E-state index >= 15 is 0 Å². The van der Waals surface area contributed by atoms with Crippen molar-refractivity contribution in [2.75, 3.05) is 26.9 Å². The molecule has 0 unspecified atom stereocenters. The van der Waals surface area contributed by atoms with Crippen molar-refractivity contribution in [1.82, 2.24) is 10.2 Å². The smallest absolute Gasteiger partial charge is 0.261 e. The van der Waals surface area contributed by atoms with Crippen molar-refractivity contribution in [3.8, 4) is 5.75 Å². The minimum absolute atomic E-state index is 0.237. The zero-order chi connectivity index (χ0) is 21.2. The molecule has 29 heavy (non-hydrogen) atoms. The van der Waals surface area contributed by atoms with Gasteiger partial charge in [-0.2, -0.15) is 0 Å². The molecule has 0 aliphatic rings. The number of ether oxygens (including phenoxy) is 2. The number of carbonyl (C=O) groups excluding carboxylic acids is 2. The minimum atomic E-state index is -0.704. The Morgan fingerprint density at radius 3 is 2.45 bits per heavy atom. The van der Waals surface area contributed by atoms with Crippen LogP contribution in [0.2, 0.25) is 10.0 Å². The van der Waals surface area contributed by atoms with Crippen LogP contribution in [0.25, 0.3) is 0 Å². The lowest BCUT2D eigenvalue weighted by atomic mass is 10.1. The predicted molar refractivity (Wildman–Crippen MR) is 113 cm³/mol. The lowest BCUT2D eigenvalue weighted by molar-refractivity contribution is -0.142. The molecule has 2 aromatic rings. The maximum absolute atomic E-state index is 12.9. The second kappa shape index (κ2) is 11.7. The van der Waals surface area contributed by atoms with Crippen LogP contribution in [0.15, 0.2) is 48.5 Å². The number of carbonyl (C=O) groups is 2. The number of hydrogen-bond donors (Lipinski definition) is 1. The van der Waals surface area contributed by atoms with Gasteiger partial charge in [0.15, 0.2) is 6.61 Å². The van der Waals surface area contributed by atoms with Crippen molar-refractivity contribution in [2.45, 2.75) is 19.5 Å². The fourth-order valence-corrected chi connectivity index (χ4v) is 2.89. The molecule has 6 nitrogen and oxygen atoms in total. The van der Waals surface area contributed by atoms with Gasteiger partial charge in [0.2, 0.25) is 5.91 Å². The summed E-state index contributed by atoms with van der Waals surface area (Å²) in [6, 6.07) is 13.3. The molecule has 156 valence electrons. The van der Waals surface area contributed by atoms with E-state index in [1.54, 1.807) is 50.4 Å². The molecule has 8 heteroatoms. The topological polar surface area (TPSA) is 67.9 Å². The summed E-state index contributed by atoms with van der Waals surface area (Å²) >= 11 is 12.0. The van der Waals surface area contributed by atoms with Gasteiger partial charge in [0.05, 0.1) is 11.6 Å². The first-order valence-electron chi connectivity index (χ1n) is 9.10. The number of hydrogen-bond acceptors (Lipinski definition) is 4. The van der Waals surface area contributed by atoms with Gasteiger partial charge in [-0.15, -0.1) is 0 Å². The van der Waals surface area contributed by atoms with Crippen LogP contribution < -0.4 is 10.1 Å². The van der Waals surface area contributed by atoms with Crippen LogP contribution >= 0.6 is 23.2 Å². The molecule has 0 saturated heterocycles. The molecule has 0 fully saturated rings. The second-order valence-electron chi connectivity index (χ2n) is 6.33. The normalized spacial score (nSPS) is 11.6. The van der Waals surface area contributed by atoms with Crippen LogP contribution in [0.5, 0.6) is 5.75 Å². The molecule has 0 bridgehead atoms. The molecule has 0 aromatic heterocycles. The van der Waals surface area contributed by atoms with Crippen LogP contribution in [0, 0.1) is 0 Å². The van der Waals surface area contributed by atoms with Crippen LogP contribution in [-0.2, 0) is 20.9 Å². The van der Waals surface area contributed by atoms with Gasteiger partial charge < -0.3 is 19.7 Å². The molecule has 2 amide bonds. The molecule has 2 aromatic carbocycles. The van der Waals surface area contributed by atoms with Crippen molar-refractivity contribution < 1.29 is 19.1 Å². The van der Waals surface area contributed by atoms with E-state index in [1.165, 1.54) is 4.90 Å². The molecule has 0 saturated carbocycles. The Bertz CT molecular complexity index is 815. The van der Waals surface area contributed by atoms with Crippen molar-refractivity contribution in [3.05, 3.63) is 64.1 Å². The highest BCUT2D eigenvalue weighted by atomic mass is 35.5. The standard InChI is InChI=1S/C21H24Cl2N2O4/c1-15(21(27)24-11-12-28-2)25(13-16-7-9-17(22)10-8-16)20(26)14-29-19-6-4-3-5-18(19)23/h3-10,15H,11-14H2,1-2H3,(H,24,27)/t15-/m1/s1. The van der Waals surface area contributed by atoms with Gasteiger partial charge in [-0.25, -0.2) is 0 Å². The average molecular weight is 439 g/mol. The Kier molecular flexibility index (Phi) is 9.25. The van der Waals surface area contributed by atoms with Gasteiger partial charge in [-0.05, 0) is 36.8 Å². The number of nitrogens with zero attached hydrogens (tertiary/aromatic N) is 1. The SMILES string of the molecule is COCCNC(=O)[C@@H](C)N(Cc1ccc(Cl)cc1)C(=O)COc1ccccc1Cl. The summed E-state index contributed by atoms with van der Waals surface area (Å²) in [5.74, 6) is -0.206. The lowest BCUT2D eigenvalue weighted by Crippen LogP contribution is -2.49. The summed E-state index contributed by atoms with van der Waals surface area (Å²) in [5.41, 5.74) is 0.844. The van der Waals surface area contributed by atoms with E-state index in [4.69, 9.17) is 32.7 Å². The number of halogens is 2. The quantitative estimate of drug-likeness (QED) is 0.575. The van der Waals surface area contributed by atoms with Crippen molar-refractivity contribution in [2.24, 2.45) is 0 Å². The number of nitrogens with one attached hydrogen (secondary N) is 1. The van der Waals surface area contributed by atoms with Gasteiger partial charge in [0, 0.05) is 25.2 Å². The third-order valence-electron chi connectivity index (χ3n) is 4.23. The highest BCUT2D eigenvalue weighted by molar-refractivity contribution is 6.32. The fourth-order valence-electron chi connectivity index (χ4n) is 2.58. The Labute approximate surface area is 180 Å². The van der Waals surface area contributed by atoms with Crippen LogP contribution in [0.3, 0.4) is 0 Å². The molecule has 0 aliphatic carbocycles. The highest BCUT2D eigenvalue weighted by Gasteiger charge is 2.26. The van der Waals surface area contributed by atoms with Crippen molar-refractivity contribution >= 4 is 35.0 Å². The number of para-hydroxylation sites is 1. The van der Waals surface area contributed by atoms with Gasteiger partial charge in [-0.1, -0.05) is 47.5 Å². The van der Waals surface area contributed by atoms with Crippen molar-refractivity contribution in [1.29, 1.82) is 0 Å². The molecular weight excluding hydrogens is 415 g/mol. The van der Waals surface area contributed by atoms with E-state index < -0.39 is 6.04 Å². The monoisotopic (exact) mass is 438 g/mol. The molecule has 2 rings (SSSR count). The number of methoxy groups -OCH3 is 1. The third kappa shape index (κ3) is 7.24. The molecule has 1 atom stereocenters. The first kappa shape index (κ1) is 23.0. The Hall–Kier alpha value is -2.28. The highest BCUT2D eigenvalue weighted by Crippen LogP contribution is 2.23. The number of benzene rings is 2. The summed E-state index contributed by atoms with van der Waals surface area (Å²) < 4.78 is 10.5. The Balaban J connectivity index is 2.11. The fraction of sp³-hybridized carbons (Fsp3) is 0.333. The maximum Gasteiger partial charge on any atom is 0.261 e. The number of amides is 2. The molecule has 0 heterocycles. The summed E-state index contributed by atoms with van der Waals surface area (Å²) in [6.07, 6.45) is 0. The Morgan fingerprint density at radius 1 is 1.10 bits per heavy atom. The zero-order valence-electron chi connectivity index (χ0n) is 16.4. The minimum Gasteiger partial charge on any atom is -0.482 e. The molecule has 0 radical (unpaired) electrons. The van der Waals surface area contributed by atoms with Crippen LogP contribution in [0.4, 0.5) is 0 Å². The molecule has 0 aliphatic heterocycles. The van der Waals surface area contributed by atoms with E-state index in [1.807, 2.05) is 12.1 Å². The van der Waals surface area contributed by atoms with Gasteiger partial charge in [-0.3, -0.25) is 9.59 Å². The summed E-state index contributed by atoms with van der Waals surface area (Å²) in [7, 11) is 1.55. The van der Waals surface area contributed by atoms with Crippen LogP contribution in [0.1, 0.15) is 12.5 Å². The van der Waals surface area contributed by atoms with Crippen molar-refractivity contribution in [3.63, 3.8) is 0 Å². The van der Waals surface area contributed by atoms with E-state index in [0.717, 1.165) is 5.56 Å². The van der Waals surface area contributed by atoms with E-state index in [0.29, 0.717) is 28.9 Å². The lowest BCUT2D eigenvalue weighted by Gasteiger charge is -2.28. The summed E-state index contributed by atoms with van der Waals surface area (Å²) in [5, 5.41) is 3.76. The molecular formula is C21H24Cl2N2O4. The predicted octanol–water partition coefficient (Wildman–Crippen LogP) is 3.55. The van der Waals surface area contributed by atoms with Crippen LogP contribution in [-0.4, -0.2) is 49.6 Å². The van der Waals surface area contributed by atoms with Gasteiger partial charge >= 0.3 is 0 Å². The third-order valence-corrected chi connectivity index (χ3v) is 4.79. The first-order valence-corrected chi connectivity index (χ1v) is 9.86. The van der Waals surface area contributed by atoms with Gasteiger partial charge in [0.1, 0.15) is 11.8 Å². The molecule has 0 spiro atoms. The summed E-state index contributed by atoms with van der Waals surface area (Å²) in [6.45, 7) is 2.41. The van der Waals surface area contributed by atoms with E-state index in [-0.39, 0.29) is 25.0 Å². The second-order valence-corrected chi connectivity index (χ2v) is 7.17. The van der Waals surface area contributed by atoms with E-state index in [9.17, 15) is 9.59 Å². The number of rotatable bonds is 10. The largest absolute Gasteiger partial charge is 0.482 e.